The predicted octanol–water partition coefficient (Wildman–Crippen LogP) is 2.09. The van der Waals surface area contributed by atoms with Gasteiger partial charge in [-0.2, -0.15) is 0 Å². The van der Waals surface area contributed by atoms with Crippen molar-refractivity contribution < 1.29 is 4.79 Å². The summed E-state index contributed by atoms with van der Waals surface area (Å²) in [7, 11) is 0. The van der Waals surface area contributed by atoms with Crippen LogP contribution in [0.25, 0.3) is 0 Å². The van der Waals surface area contributed by atoms with E-state index in [-0.39, 0.29) is 11.7 Å². The molecule has 21 heavy (non-hydrogen) atoms. The molecule has 0 bridgehead atoms. The van der Waals surface area contributed by atoms with Gasteiger partial charge in [0.15, 0.2) is 5.16 Å². The molecule has 112 valence electrons. The first kappa shape index (κ1) is 16.2. The number of carbonyl (C=O) groups is 1. The van der Waals surface area contributed by atoms with Crippen LogP contribution < -0.4 is 11.1 Å². The lowest BCUT2D eigenvalue weighted by Gasteiger charge is -2.08. The number of rotatable bonds is 6. The molecule has 0 saturated carbocycles. The van der Waals surface area contributed by atoms with E-state index in [2.05, 4.69) is 38.1 Å². The Labute approximate surface area is 141 Å². The largest absolute Gasteiger partial charge is 0.324 e. The highest BCUT2D eigenvalue weighted by Gasteiger charge is 2.12. The Hall–Kier alpha value is -1.13. The van der Waals surface area contributed by atoms with Gasteiger partial charge in [0.25, 0.3) is 0 Å². The monoisotopic (exact) mass is 417 g/mol. The van der Waals surface area contributed by atoms with Gasteiger partial charge in [-0.15, -0.1) is 10.2 Å². The molecule has 2 rings (SSSR count). The maximum atomic E-state index is 12.0. The first-order valence-electron chi connectivity index (χ1n) is 6.45. The SMILES string of the molecule is CCn1c(CN)nnc1SCC(=O)Nc1ccccc1I. The third kappa shape index (κ3) is 4.17. The second kappa shape index (κ2) is 7.76. The van der Waals surface area contributed by atoms with Crippen LogP contribution in [-0.2, 0) is 17.9 Å². The first-order valence-corrected chi connectivity index (χ1v) is 8.51. The van der Waals surface area contributed by atoms with Crippen molar-refractivity contribution in [2.24, 2.45) is 5.73 Å². The van der Waals surface area contributed by atoms with E-state index in [1.807, 2.05) is 35.8 Å². The summed E-state index contributed by atoms with van der Waals surface area (Å²) in [6.45, 7) is 3.08. The maximum Gasteiger partial charge on any atom is 0.234 e. The Bertz CT molecular complexity index is 631. The fourth-order valence-corrected chi connectivity index (χ4v) is 3.12. The van der Waals surface area contributed by atoms with Crippen LogP contribution in [0.2, 0.25) is 0 Å². The van der Waals surface area contributed by atoms with E-state index in [1.54, 1.807) is 0 Å². The van der Waals surface area contributed by atoms with Gasteiger partial charge >= 0.3 is 0 Å². The zero-order valence-corrected chi connectivity index (χ0v) is 14.5. The van der Waals surface area contributed by atoms with Gasteiger partial charge in [0.1, 0.15) is 5.82 Å². The molecule has 1 amide bonds. The number of benzene rings is 1. The number of nitrogens with zero attached hydrogens (tertiary/aromatic N) is 3. The Balaban J connectivity index is 1.95. The number of hydrogen-bond acceptors (Lipinski definition) is 5. The summed E-state index contributed by atoms with van der Waals surface area (Å²) in [5, 5.41) is 11.7. The van der Waals surface area contributed by atoms with Crippen molar-refractivity contribution in [3.8, 4) is 0 Å². The second-order valence-electron chi connectivity index (χ2n) is 4.16. The van der Waals surface area contributed by atoms with Crippen molar-refractivity contribution in [3.05, 3.63) is 33.7 Å². The Kier molecular flexibility index (Phi) is 6.00. The number of aromatic nitrogens is 3. The Morgan fingerprint density at radius 2 is 2.19 bits per heavy atom. The number of amides is 1. The smallest absolute Gasteiger partial charge is 0.234 e. The van der Waals surface area contributed by atoms with Crippen LogP contribution in [0.1, 0.15) is 12.7 Å². The molecule has 1 aromatic heterocycles. The lowest BCUT2D eigenvalue weighted by atomic mass is 10.3. The molecule has 0 saturated heterocycles. The number of para-hydroxylation sites is 1. The lowest BCUT2D eigenvalue weighted by molar-refractivity contribution is -0.113. The van der Waals surface area contributed by atoms with Crippen molar-refractivity contribution in [2.45, 2.75) is 25.2 Å². The molecule has 0 unspecified atom stereocenters. The van der Waals surface area contributed by atoms with Crippen molar-refractivity contribution >= 4 is 45.9 Å². The Morgan fingerprint density at radius 3 is 2.86 bits per heavy atom. The summed E-state index contributed by atoms with van der Waals surface area (Å²) >= 11 is 3.55. The average molecular weight is 417 g/mol. The van der Waals surface area contributed by atoms with Gasteiger partial charge in [0.05, 0.1) is 18.0 Å². The minimum Gasteiger partial charge on any atom is -0.324 e. The maximum absolute atomic E-state index is 12.0. The van der Waals surface area contributed by atoms with Gasteiger partial charge in [-0.05, 0) is 41.6 Å². The van der Waals surface area contributed by atoms with E-state index >= 15 is 0 Å². The summed E-state index contributed by atoms with van der Waals surface area (Å²) in [4.78, 5) is 12.0. The van der Waals surface area contributed by atoms with E-state index in [0.717, 1.165) is 26.8 Å². The van der Waals surface area contributed by atoms with E-state index < -0.39 is 0 Å². The van der Waals surface area contributed by atoms with Gasteiger partial charge in [-0.1, -0.05) is 23.9 Å². The molecule has 1 aromatic carbocycles. The molecule has 0 fully saturated rings. The average Bonchev–Trinajstić information content (AvgIpc) is 2.89. The number of halogens is 1. The van der Waals surface area contributed by atoms with Crippen molar-refractivity contribution in [3.63, 3.8) is 0 Å². The number of hydrogen-bond donors (Lipinski definition) is 2. The molecule has 0 atom stereocenters. The standard InChI is InChI=1S/C13H16IN5OS/c1-2-19-11(7-15)17-18-13(19)21-8-12(20)16-10-6-4-3-5-9(10)14/h3-6H,2,7-8,15H2,1H3,(H,16,20). The van der Waals surface area contributed by atoms with Gasteiger partial charge in [-0.25, -0.2) is 0 Å². The number of nitrogens with two attached hydrogens (primary N) is 1. The van der Waals surface area contributed by atoms with Crippen molar-refractivity contribution in [2.75, 3.05) is 11.1 Å². The fraction of sp³-hybridized carbons (Fsp3) is 0.308. The Morgan fingerprint density at radius 1 is 1.43 bits per heavy atom. The number of thioether (sulfide) groups is 1. The highest BCUT2D eigenvalue weighted by atomic mass is 127. The van der Waals surface area contributed by atoms with Crippen LogP contribution in [0.3, 0.4) is 0 Å². The molecule has 0 aliphatic rings. The lowest BCUT2D eigenvalue weighted by Crippen LogP contribution is -2.15. The van der Waals surface area contributed by atoms with Gasteiger partial charge < -0.3 is 15.6 Å². The zero-order valence-electron chi connectivity index (χ0n) is 11.5. The summed E-state index contributed by atoms with van der Waals surface area (Å²) in [6, 6.07) is 7.66. The van der Waals surface area contributed by atoms with Crippen LogP contribution >= 0.6 is 34.4 Å². The van der Waals surface area contributed by atoms with Gasteiger partial charge in [0, 0.05) is 10.1 Å². The number of anilines is 1. The van der Waals surface area contributed by atoms with Gasteiger partial charge in [-0.3, -0.25) is 4.79 Å². The predicted molar refractivity (Wildman–Crippen MR) is 92.1 cm³/mol. The molecule has 0 spiro atoms. The molecule has 0 aliphatic carbocycles. The summed E-state index contributed by atoms with van der Waals surface area (Å²) in [6.07, 6.45) is 0. The van der Waals surface area contributed by atoms with Gasteiger partial charge in [0.2, 0.25) is 5.91 Å². The second-order valence-corrected chi connectivity index (χ2v) is 6.27. The van der Waals surface area contributed by atoms with E-state index in [9.17, 15) is 4.79 Å². The van der Waals surface area contributed by atoms with E-state index in [4.69, 9.17) is 5.73 Å². The molecule has 0 aliphatic heterocycles. The summed E-state index contributed by atoms with van der Waals surface area (Å²) in [5.41, 5.74) is 6.42. The summed E-state index contributed by atoms with van der Waals surface area (Å²) < 4.78 is 2.93. The molecular formula is C13H16IN5OS. The summed E-state index contributed by atoms with van der Waals surface area (Å²) in [5.74, 6) is 0.954. The van der Waals surface area contributed by atoms with Crippen molar-refractivity contribution in [1.82, 2.24) is 14.8 Å². The molecule has 3 N–H and O–H groups in total. The molecule has 0 radical (unpaired) electrons. The zero-order chi connectivity index (χ0) is 15.2. The fourth-order valence-electron chi connectivity index (χ4n) is 1.77. The molecule has 6 nitrogen and oxygen atoms in total. The van der Waals surface area contributed by atoms with E-state index in [1.165, 1.54) is 11.8 Å². The highest BCUT2D eigenvalue weighted by molar-refractivity contribution is 14.1. The van der Waals surface area contributed by atoms with Crippen LogP contribution in [0.5, 0.6) is 0 Å². The number of nitrogens with one attached hydrogen (secondary N) is 1. The van der Waals surface area contributed by atoms with Crippen LogP contribution in [0.4, 0.5) is 5.69 Å². The molecule has 2 aromatic rings. The third-order valence-corrected chi connectivity index (χ3v) is 4.68. The highest BCUT2D eigenvalue weighted by Crippen LogP contribution is 2.19. The van der Waals surface area contributed by atoms with Crippen LogP contribution in [0, 0.1) is 3.57 Å². The minimum absolute atomic E-state index is 0.0657. The normalized spacial score (nSPS) is 10.6. The minimum atomic E-state index is -0.0657. The molecular weight excluding hydrogens is 401 g/mol. The van der Waals surface area contributed by atoms with E-state index in [0.29, 0.717) is 6.54 Å². The first-order chi connectivity index (χ1) is 10.2. The van der Waals surface area contributed by atoms with Crippen molar-refractivity contribution in [1.29, 1.82) is 0 Å². The third-order valence-electron chi connectivity index (χ3n) is 2.77. The number of carbonyl (C=O) groups excluding carboxylic acids is 1. The molecule has 1 heterocycles. The molecule has 8 heteroatoms. The van der Waals surface area contributed by atoms with Crippen LogP contribution in [-0.4, -0.2) is 26.4 Å². The quantitative estimate of drug-likeness (QED) is 0.556. The van der Waals surface area contributed by atoms with Crippen LogP contribution in [0.15, 0.2) is 29.4 Å². The topological polar surface area (TPSA) is 85.8 Å².